The summed E-state index contributed by atoms with van der Waals surface area (Å²) < 4.78 is 0. The van der Waals surface area contributed by atoms with E-state index in [-0.39, 0.29) is 5.91 Å². The van der Waals surface area contributed by atoms with E-state index >= 15 is 0 Å². The number of fused-ring (bicyclic) bond motifs is 1. The first-order valence-corrected chi connectivity index (χ1v) is 6.26. The van der Waals surface area contributed by atoms with Crippen LogP contribution in [-0.2, 0) is 11.3 Å². The number of amides is 1. The number of benzene rings is 1. The number of hydrogen-bond acceptors (Lipinski definition) is 2. The smallest absolute Gasteiger partial charge is 0.220 e. The molecule has 1 aromatic heterocycles. The number of pyridine rings is 1. The average Bonchev–Trinajstić information content (AvgIpc) is 2.35. The van der Waals surface area contributed by atoms with Gasteiger partial charge in [0.25, 0.3) is 0 Å². The minimum atomic E-state index is 0.0953. The Morgan fingerprint density at radius 2 is 2.06 bits per heavy atom. The molecule has 0 fully saturated rings. The van der Waals surface area contributed by atoms with Crippen molar-refractivity contribution in [2.45, 2.75) is 26.8 Å². The van der Waals surface area contributed by atoms with Gasteiger partial charge in [-0.05, 0) is 17.5 Å². The minimum absolute atomic E-state index is 0.0953. The molecule has 3 nitrogen and oxygen atoms in total. The molecule has 2 aromatic rings. The molecule has 0 aliphatic rings. The molecule has 0 aliphatic carbocycles. The van der Waals surface area contributed by atoms with Gasteiger partial charge in [0.05, 0.1) is 5.52 Å². The lowest BCUT2D eigenvalue weighted by atomic mass is 10.1. The van der Waals surface area contributed by atoms with Crippen LogP contribution in [0.25, 0.3) is 10.9 Å². The zero-order chi connectivity index (χ0) is 13.0. The highest BCUT2D eigenvalue weighted by molar-refractivity contribution is 5.82. The van der Waals surface area contributed by atoms with Gasteiger partial charge in [-0.15, -0.1) is 0 Å². The Morgan fingerprint density at radius 3 is 2.83 bits per heavy atom. The van der Waals surface area contributed by atoms with Gasteiger partial charge in [-0.25, -0.2) is 0 Å². The van der Waals surface area contributed by atoms with Crippen LogP contribution in [0.1, 0.15) is 25.8 Å². The zero-order valence-electron chi connectivity index (χ0n) is 10.8. The van der Waals surface area contributed by atoms with Gasteiger partial charge in [-0.1, -0.05) is 38.1 Å². The van der Waals surface area contributed by atoms with E-state index in [1.54, 1.807) is 6.20 Å². The number of nitrogens with zero attached hydrogens (tertiary/aromatic N) is 1. The summed E-state index contributed by atoms with van der Waals surface area (Å²) in [6.07, 6.45) is 2.35. The average molecular weight is 242 g/mol. The number of carbonyl (C=O) groups is 1. The van der Waals surface area contributed by atoms with Crippen LogP contribution in [0, 0.1) is 5.92 Å². The maximum absolute atomic E-state index is 11.6. The Bertz CT molecular complexity index is 544. The molecule has 1 heterocycles. The second kappa shape index (κ2) is 5.63. The standard InChI is InChI=1S/C15H18N2O/c1-11(2)9-14(18)17-10-13-6-3-5-12-7-4-8-16-15(12)13/h3-8,11H,9-10H2,1-2H3,(H,17,18). The summed E-state index contributed by atoms with van der Waals surface area (Å²) in [5.41, 5.74) is 2.02. The highest BCUT2D eigenvalue weighted by Gasteiger charge is 2.06. The molecular formula is C15H18N2O. The quantitative estimate of drug-likeness (QED) is 0.895. The Hall–Kier alpha value is -1.90. The van der Waals surface area contributed by atoms with E-state index < -0.39 is 0 Å². The molecule has 1 aromatic carbocycles. The van der Waals surface area contributed by atoms with E-state index in [9.17, 15) is 4.79 Å². The summed E-state index contributed by atoms with van der Waals surface area (Å²) in [4.78, 5) is 16.0. The van der Waals surface area contributed by atoms with Crippen molar-refractivity contribution < 1.29 is 4.79 Å². The van der Waals surface area contributed by atoms with Gasteiger partial charge in [0.15, 0.2) is 0 Å². The Morgan fingerprint density at radius 1 is 1.28 bits per heavy atom. The fourth-order valence-corrected chi connectivity index (χ4v) is 1.95. The second-order valence-electron chi connectivity index (χ2n) is 4.87. The predicted molar refractivity (Wildman–Crippen MR) is 73.0 cm³/mol. The van der Waals surface area contributed by atoms with Crippen LogP contribution in [0.4, 0.5) is 0 Å². The molecule has 1 amide bonds. The lowest BCUT2D eigenvalue weighted by Crippen LogP contribution is -2.24. The maximum atomic E-state index is 11.6. The van der Waals surface area contributed by atoms with Gasteiger partial charge in [-0.2, -0.15) is 0 Å². The van der Waals surface area contributed by atoms with Crippen molar-refractivity contribution in [3.05, 3.63) is 42.1 Å². The number of carbonyl (C=O) groups excluding carboxylic acids is 1. The summed E-state index contributed by atoms with van der Waals surface area (Å²) in [7, 11) is 0. The Kier molecular flexibility index (Phi) is 3.92. The Labute approximate surface area is 107 Å². The molecule has 0 saturated carbocycles. The molecule has 2 rings (SSSR count). The summed E-state index contributed by atoms with van der Waals surface area (Å²) in [6, 6.07) is 9.98. The summed E-state index contributed by atoms with van der Waals surface area (Å²) in [5, 5.41) is 4.05. The lowest BCUT2D eigenvalue weighted by molar-refractivity contribution is -0.121. The van der Waals surface area contributed by atoms with E-state index in [0.717, 1.165) is 16.5 Å². The van der Waals surface area contributed by atoms with Crippen molar-refractivity contribution in [1.82, 2.24) is 10.3 Å². The molecule has 18 heavy (non-hydrogen) atoms. The largest absolute Gasteiger partial charge is 0.352 e. The molecule has 3 heteroatoms. The summed E-state index contributed by atoms with van der Waals surface area (Å²) in [6.45, 7) is 4.62. The van der Waals surface area contributed by atoms with Gasteiger partial charge in [-0.3, -0.25) is 9.78 Å². The van der Waals surface area contributed by atoms with E-state index in [1.807, 2.05) is 44.2 Å². The number of hydrogen-bond donors (Lipinski definition) is 1. The number of para-hydroxylation sites is 1. The van der Waals surface area contributed by atoms with Gasteiger partial charge in [0.2, 0.25) is 5.91 Å². The van der Waals surface area contributed by atoms with Crippen molar-refractivity contribution in [3.8, 4) is 0 Å². The summed E-state index contributed by atoms with van der Waals surface area (Å²) >= 11 is 0. The first-order valence-electron chi connectivity index (χ1n) is 6.26. The third-order valence-corrected chi connectivity index (χ3v) is 2.79. The van der Waals surface area contributed by atoms with E-state index in [4.69, 9.17) is 0 Å². The topological polar surface area (TPSA) is 42.0 Å². The van der Waals surface area contributed by atoms with Crippen LogP contribution in [0.15, 0.2) is 36.5 Å². The first-order chi connectivity index (χ1) is 8.66. The Balaban J connectivity index is 2.10. The van der Waals surface area contributed by atoms with E-state index in [0.29, 0.717) is 18.9 Å². The molecule has 94 valence electrons. The monoisotopic (exact) mass is 242 g/mol. The fourth-order valence-electron chi connectivity index (χ4n) is 1.95. The highest BCUT2D eigenvalue weighted by atomic mass is 16.1. The highest BCUT2D eigenvalue weighted by Crippen LogP contribution is 2.15. The van der Waals surface area contributed by atoms with Gasteiger partial charge >= 0.3 is 0 Å². The van der Waals surface area contributed by atoms with Crippen LogP contribution in [0.2, 0.25) is 0 Å². The molecular weight excluding hydrogens is 224 g/mol. The van der Waals surface area contributed by atoms with E-state index in [1.165, 1.54) is 0 Å². The molecule has 0 spiro atoms. The van der Waals surface area contributed by atoms with Crippen LogP contribution < -0.4 is 5.32 Å². The maximum Gasteiger partial charge on any atom is 0.220 e. The molecule has 0 atom stereocenters. The van der Waals surface area contributed by atoms with Crippen molar-refractivity contribution >= 4 is 16.8 Å². The van der Waals surface area contributed by atoms with Crippen molar-refractivity contribution in [2.75, 3.05) is 0 Å². The van der Waals surface area contributed by atoms with Gasteiger partial charge in [0, 0.05) is 24.5 Å². The van der Waals surface area contributed by atoms with Crippen LogP contribution in [-0.4, -0.2) is 10.9 Å². The van der Waals surface area contributed by atoms with Crippen molar-refractivity contribution in [3.63, 3.8) is 0 Å². The molecule has 0 unspecified atom stereocenters. The minimum Gasteiger partial charge on any atom is -0.352 e. The number of aromatic nitrogens is 1. The number of nitrogens with one attached hydrogen (secondary N) is 1. The molecule has 0 bridgehead atoms. The molecule has 0 radical (unpaired) electrons. The molecule has 0 saturated heterocycles. The van der Waals surface area contributed by atoms with Crippen molar-refractivity contribution in [2.24, 2.45) is 5.92 Å². The van der Waals surface area contributed by atoms with Crippen LogP contribution in [0.5, 0.6) is 0 Å². The van der Waals surface area contributed by atoms with Gasteiger partial charge in [0.1, 0.15) is 0 Å². The molecule has 1 N–H and O–H groups in total. The van der Waals surface area contributed by atoms with Crippen LogP contribution in [0.3, 0.4) is 0 Å². The first kappa shape index (κ1) is 12.6. The van der Waals surface area contributed by atoms with Gasteiger partial charge < -0.3 is 5.32 Å². The van der Waals surface area contributed by atoms with E-state index in [2.05, 4.69) is 10.3 Å². The second-order valence-corrected chi connectivity index (χ2v) is 4.87. The normalized spacial score (nSPS) is 10.8. The zero-order valence-corrected chi connectivity index (χ0v) is 10.8. The lowest BCUT2D eigenvalue weighted by Gasteiger charge is -2.09. The van der Waals surface area contributed by atoms with Crippen molar-refractivity contribution in [1.29, 1.82) is 0 Å². The third kappa shape index (κ3) is 3.06. The molecule has 0 aliphatic heterocycles. The summed E-state index contributed by atoms with van der Waals surface area (Å²) in [5.74, 6) is 0.480. The number of rotatable bonds is 4. The van der Waals surface area contributed by atoms with Crippen LogP contribution >= 0.6 is 0 Å². The predicted octanol–water partition coefficient (Wildman–Crippen LogP) is 2.90. The fraction of sp³-hybridized carbons (Fsp3) is 0.333. The SMILES string of the molecule is CC(C)CC(=O)NCc1cccc2cccnc12. The third-order valence-electron chi connectivity index (χ3n) is 2.79.